The van der Waals surface area contributed by atoms with Crippen LogP contribution in [0.5, 0.6) is 0 Å². The number of nitrogens with one attached hydrogen (secondary N) is 1. The minimum Gasteiger partial charge on any atom is -0.336 e. The van der Waals surface area contributed by atoms with Crippen LogP contribution in [-0.4, -0.2) is 13.7 Å². The highest BCUT2D eigenvalue weighted by Crippen LogP contribution is 2.28. The summed E-state index contributed by atoms with van der Waals surface area (Å²) in [7, 11) is 0. The Morgan fingerprint density at radius 3 is 2.94 bits per heavy atom. The molecule has 3 aromatic rings. The van der Waals surface area contributed by atoms with Crippen molar-refractivity contribution in [3.8, 4) is 0 Å². The van der Waals surface area contributed by atoms with Gasteiger partial charge in [0.1, 0.15) is 0 Å². The van der Waals surface area contributed by atoms with Crippen LogP contribution in [0.1, 0.15) is 0 Å². The second kappa shape index (κ2) is 4.27. The van der Waals surface area contributed by atoms with Crippen molar-refractivity contribution in [1.29, 1.82) is 0 Å². The summed E-state index contributed by atoms with van der Waals surface area (Å²) < 4.78 is 8.00. The molecule has 0 fully saturated rings. The molecule has 2 aromatic heterocycles. The molecule has 0 saturated heterocycles. The molecule has 0 aliphatic rings. The lowest BCUT2D eigenvalue weighted by Gasteiger charge is -2.06. The maximum absolute atomic E-state index is 5.90. The summed E-state index contributed by atoms with van der Waals surface area (Å²) in [5.41, 5.74) is 0.944. The zero-order chi connectivity index (χ0) is 11.7. The third kappa shape index (κ3) is 1.94. The van der Waals surface area contributed by atoms with E-state index in [1.54, 1.807) is 6.20 Å². The third-order valence-electron chi connectivity index (χ3n) is 2.38. The van der Waals surface area contributed by atoms with E-state index in [0.717, 1.165) is 28.2 Å². The largest absolute Gasteiger partial charge is 0.336 e. The number of pyridine rings is 1. The number of benzene rings is 1. The van der Waals surface area contributed by atoms with Gasteiger partial charge in [-0.05, 0) is 12.1 Å². The van der Waals surface area contributed by atoms with Crippen LogP contribution in [0.3, 0.4) is 0 Å². The molecule has 0 unspecified atom stereocenters. The topological polar surface area (TPSA) is 50.7 Å². The summed E-state index contributed by atoms with van der Waals surface area (Å²) in [5.74, 6) is 0.584. The Hall–Kier alpha value is -1.72. The summed E-state index contributed by atoms with van der Waals surface area (Å²) in [6, 6.07) is 7.89. The Morgan fingerprint density at radius 2 is 2.12 bits per heavy atom. The number of fused-ring (bicyclic) bond motifs is 1. The number of rotatable bonds is 2. The first kappa shape index (κ1) is 10.4. The Morgan fingerprint density at radius 1 is 1.18 bits per heavy atom. The fourth-order valence-electron chi connectivity index (χ4n) is 1.61. The second-order valence-corrected chi connectivity index (χ2v) is 4.32. The predicted molar refractivity (Wildman–Crippen MR) is 69.9 cm³/mol. The van der Waals surface area contributed by atoms with E-state index in [0.29, 0.717) is 11.0 Å². The SMILES string of the molecule is Clc1nsnc1Nc1cccc2cnccc12. The number of nitrogens with zero attached hydrogens (tertiary/aromatic N) is 3. The van der Waals surface area contributed by atoms with Crippen LogP contribution in [0.4, 0.5) is 11.5 Å². The zero-order valence-corrected chi connectivity index (χ0v) is 10.2. The van der Waals surface area contributed by atoms with Crippen molar-refractivity contribution in [1.82, 2.24) is 13.7 Å². The lowest BCUT2D eigenvalue weighted by atomic mass is 10.1. The van der Waals surface area contributed by atoms with Gasteiger partial charge in [-0.1, -0.05) is 23.7 Å². The zero-order valence-electron chi connectivity index (χ0n) is 8.59. The van der Waals surface area contributed by atoms with E-state index in [-0.39, 0.29) is 0 Å². The van der Waals surface area contributed by atoms with E-state index >= 15 is 0 Å². The lowest BCUT2D eigenvalue weighted by molar-refractivity contribution is 1.36. The van der Waals surface area contributed by atoms with Crippen molar-refractivity contribution in [3.05, 3.63) is 41.8 Å². The van der Waals surface area contributed by atoms with Crippen LogP contribution >= 0.6 is 23.3 Å². The number of halogens is 1. The molecule has 0 radical (unpaired) electrons. The molecule has 3 rings (SSSR count). The summed E-state index contributed by atoms with van der Waals surface area (Å²) in [6.45, 7) is 0. The van der Waals surface area contributed by atoms with Crippen LogP contribution in [-0.2, 0) is 0 Å². The molecule has 0 amide bonds. The van der Waals surface area contributed by atoms with Crippen LogP contribution in [0.15, 0.2) is 36.7 Å². The summed E-state index contributed by atoms with van der Waals surface area (Å²) in [4.78, 5) is 4.09. The Kier molecular flexibility index (Phi) is 2.62. The fourth-order valence-corrected chi connectivity index (χ4v) is 2.26. The van der Waals surface area contributed by atoms with E-state index in [1.807, 2.05) is 30.5 Å². The van der Waals surface area contributed by atoms with Gasteiger partial charge in [-0.25, -0.2) is 0 Å². The molecule has 1 N–H and O–H groups in total. The molecule has 17 heavy (non-hydrogen) atoms. The van der Waals surface area contributed by atoms with E-state index < -0.39 is 0 Å². The first-order valence-electron chi connectivity index (χ1n) is 4.92. The van der Waals surface area contributed by atoms with Gasteiger partial charge in [0.15, 0.2) is 11.0 Å². The van der Waals surface area contributed by atoms with Gasteiger partial charge >= 0.3 is 0 Å². The third-order valence-corrected chi connectivity index (χ3v) is 3.27. The van der Waals surface area contributed by atoms with Crippen molar-refractivity contribution >= 4 is 45.6 Å². The molecule has 0 aliphatic carbocycles. The molecule has 2 heterocycles. The quantitative estimate of drug-likeness (QED) is 0.768. The molecule has 6 heteroatoms. The van der Waals surface area contributed by atoms with Crippen molar-refractivity contribution in [3.63, 3.8) is 0 Å². The van der Waals surface area contributed by atoms with Crippen molar-refractivity contribution in [2.24, 2.45) is 0 Å². The van der Waals surface area contributed by atoms with E-state index in [9.17, 15) is 0 Å². The molecular formula is C11H7ClN4S. The van der Waals surface area contributed by atoms with Gasteiger partial charge in [-0.15, -0.1) is 0 Å². The Balaban J connectivity index is 2.09. The maximum atomic E-state index is 5.90. The first-order valence-corrected chi connectivity index (χ1v) is 6.03. The Labute approximate surface area is 107 Å². The standard InChI is InChI=1S/C11H7ClN4S/c12-10-11(16-17-15-10)14-9-3-1-2-7-6-13-5-4-8(7)9/h1-6H,(H,14,16). The van der Waals surface area contributed by atoms with Crippen LogP contribution < -0.4 is 5.32 Å². The minimum atomic E-state index is 0.390. The highest BCUT2D eigenvalue weighted by molar-refractivity contribution is 6.99. The van der Waals surface area contributed by atoms with Gasteiger partial charge in [0.25, 0.3) is 0 Å². The smallest absolute Gasteiger partial charge is 0.187 e. The monoisotopic (exact) mass is 262 g/mol. The number of anilines is 2. The molecule has 1 aromatic carbocycles. The van der Waals surface area contributed by atoms with Gasteiger partial charge in [-0.3, -0.25) is 4.98 Å². The van der Waals surface area contributed by atoms with Gasteiger partial charge in [-0.2, -0.15) is 8.75 Å². The van der Waals surface area contributed by atoms with Gasteiger partial charge < -0.3 is 5.32 Å². The summed E-state index contributed by atoms with van der Waals surface area (Å²) in [5, 5.41) is 5.70. The first-order chi connectivity index (χ1) is 8.34. The van der Waals surface area contributed by atoms with Crippen molar-refractivity contribution in [2.45, 2.75) is 0 Å². The van der Waals surface area contributed by atoms with Crippen LogP contribution in [0, 0.1) is 0 Å². The van der Waals surface area contributed by atoms with Crippen molar-refractivity contribution < 1.29 is 0 Å². The fraction of sp³-hybridized carbons (Fsp3) is 0. The molecule has 4 nitrogen and oxygen atoms in total. The second-order valence-electron chi connectivity index (χ2n) is 3.43. The summed E-state index contributed by atoms with van der Waals surface area (Å²) >= 11 is 6.99. The Bertz CT molecular complexity index is 662. The number of hydrogen-bond acceptors (Lipinski definition) is 5. The molecule has 0 aliphatic heterocycles. The average Bonchev–Trinajstić information content (AvgIpc) is 2.76. The highest BCUT2D eigenvalue weighted by atomic mass is 35.5. The van der Waals surface area contributed by atoms with Gasteiger partial charge in [0.05, 0.1) is 11.7 Å². The van der Waals surface area contributed by atoms with Gasteiger partial charge in [0.2, 0.25) is 0 Å². The van der Waals surface area contributed by atoms with Crippen LogP contribution in [0.25, 0.3) is 10.8 Å². The molecule has 0 bridgehead atoms. The molecule has 0 spiro atoms. The van der Waals surface area contributed by atoms with E-state index in [1.165, 1.54) is 0 Å². The predicted octanol–water partition coefficient (Wildman–Crippen LogP) is 3.48. The lowest BCUT2D eigenvalue weighted by Crippen LogP contribution is -1.92. The average molecular weight is 263 g/mol. The maximum Gasteiger partial charge on any atom is 0.187 e. The van der Waals surface area contributed by atoms with Crippen molar-refractivity contribution in [2.75, 3.05) is 5.32 Å². The molecular weight excluding hydrogens is 256 g/mol. The normalized spacial score (nSPS) is 10.6. The highest BCUT2D eigenvalue weighted by Gasteiger charge is 2.07. The van der Waals surface area contributed by atoms with E-state index in [4.69, 9.17) is 11.6 Å². The number of aromatic nitrogens is 3. The van der Waals surface area contributed by atoms with Crippen LogP contribution in [0.2, 0.25) is 5.15 Å². The molecule has 0 atom stereocenters. The van der Waals surface area contributed by atoms with E-state index in [2.05, 4.69) is 19.0 Å². The molecule has 0 saturated carbocycles. The van der Waals surface area contributed by atoms with Gasteiger partial charge in [0, 0.05) is 28.9 Å². The number of hydrogen-bond donors (Lipinski definition) is 1. The minimum absolute atomic E-state index is 0.390. The summed E-state index contributed by atoms with van der Waals surface area (Å²) in [6.07, 6.45) is 3.58. The molecule has 84 valence electrons.